The van der Waals surface area contributed by atoms with Gasteiger partial charge in [-0.2, -0.15) is 4.31 Å². The summed E-state index contributed by atoms with van der Waals surface area (Å²) >= 11 is 0. The second kappa shape index (κ2) is 8.28. The lowest BCUT2D eigenvalue weighted by Crippen LogP contribution is -2.51. The van der Waals surface area contributed by atoms with Crippen LogP contribution in [0.25, 0.3) is 0 Å². The molecule has 0 spiro atoms. The van der Waals surface area contributed by atoms with Crippen LogP contribution in [0, 0.1) is 0 Å². The van der Waals surface area contributed by atoms with Crippen molar-refractivity contribution < 1.29 is 22.5 Å². The van der Waals surface area contributed by atoms with Crippen molar-refractivity contribution in [2.75, 3.05) is 18.9 Å². The van der Waals surface area contributed by atoms with E-state index in [1.807, 2.05) is 20.8 Å². The number of sulfonamides is 1. The Labute approximate surface area is 160 Å². The third kappa shape index (κ3) is 5.30. The highest BCUT2D eigenvalue weighted by atomic mass is 32.2. The average molecular weight is 400 g/mol. The van der Waals surface area contributed by atoms with Crippen LogP contribution in [0.5, 0.6) is 0 Å². The minimum atomic E-state index is -3.36. The summed E-state index contributed by atoms with van der Waals surface area (Å²) in [5.41, 5.74) is 0.297. The number of piperidine rings is 1. The smallest absolute Gasteiger partial charge is 0.273 e. The Morgan fingerprint density at radius 3 is 2.78 bits per heavy atom. The van der Waals surface area contributed by atoms with Crippen LogP contribution in [0.4, 0.5) is 0 Å². The molecule has 0 unspecified atom stereocenters. The number of nitrogens with zero attached hydrogens (tertiary/aromatic N) is 2. The van der Waals surface area contributed by atoms with E-state index in [1.165, 1.54) is 4.31 Å². The van der Waals surface area contributed by atoms with Crippen LogP contribution >= 0.6 is 0 Å². The summed E-state index contributed by atoms with van der Waals surface area (Å²) in [6.45, 7) is 6.22. The molecular weight excluding hydrogens is 370 g/mol. The van der Waals surface area contributed by atoms with E-state index >= 15 is 0 Å². The minimum Gasteiger partial charge on any atom is -0.378 e. The van der Waals surface area contributed by atoms with Crippen molar-refractivity contribution in [1.82, 2.24) is 14.8 Å². The summed E-state index contributed by atoms with van der Waals surface area (Å²) in [4.78, 5) is 12.4. The molecule has 8 nitrogen and oxygen atoms in total. The summed E-state index contributed by atoms with van der Waals surface area (Å²) in [5.74, 6) is 0.907. The highest BCUT2D eigenvalue weighted by Gasteiger charge is 2.34. The van der Waals surface area contributed by atoms with Gasteiger partial charge in [-0.25, -0.2) is 8.42 Å². The first-order valence-electron chi connectivity index (χ1n) is 9.65. The number of amides is 1. The zero-order valence-corrected chi connectivity index (χ0v) is 17.0. The fraction of sp³-hybridized carbons (Fsp3) is 0.778. The van der Waals surface area contributed by atoms with Crippen LogP contribution in [0.2, 0.25) is 0 Å². The highest BCUT2D eigenvalue weighted by molar-refractivity contribution is 7.89. The number of hydrogen-bond acceptors (Lipinski definition) is 6. The quantitative estimate of drug-likeness (QED) is 0.716. The first kappa shape index (κ1) is 20.3. The number of carbonyl (C=O) groups is 1. The van der Waals surface area contributed by atoms with Crippen molar-refractivity contribution in [1.29, 1.82) is 0 Å². The predicted octanol–water partition coefficient (Wildman–Crippen LogP) is 1.89. The van der Waals surface area contributed by atoms with Crippen LogP contribution in [-0.4, -0.2) is 60.9 Å². The molecule has 0 bridgehead atoms. The molecule has 1 aromatic rings. The Hall–Kier alpha value is -1.45. The molecule has 1 N–H and O–H groups in total. The van der Waals surface area contributed by atoms with Crippen LogP contribution in [0.15, 0.2) is 10.6 Å². The lowest BCUT2D eigenvalue weighted by atomic mass is 10.0. The average Bonchev–Trinajstić information content (AvgIpc) is 3.31. The van der Waals surface area contributed by atoms with Crippen molar-refractivity contribution >= 4 is 15.9 Å². The van der Waals surface area contributed by atoms with E-state index < -0.39 is 10.0 Å². The molecule has 2 heterocycles. The van der Waals surface area contributed by atoms with Gasteiger partial charge in [-0.3, -0.25) is 4.79 Å². The van der Waals surface area contributed by atoms with E-state index in [-0.39, 0.29) is 36.5 Å². The van der Waals surface area contributed by atoms with Gasteiger partial charge in [-0.15, -0.1) is 0 Å². The number of carbonyl (C=O) groups excluding carboxylic acids is 1. The molecule has 1 aromatic heterocycles. The third-order valence-electron chi connectivity index (χ3n) is 5.04. The van der Waals surface area contributed by atoms with Crippen LogP contribution in [-0.2, 0) is 14.8 Å². The first-order chi connectivity index (χ1) is 12.8. The molecule has 2 fully saturated rings. The van der Waals surface area contributed by atoms with Gasteiger partial charge in [0, 0.05) is 30.6 Å². The van der Waals surface area contributed by atoms with E-state index in [9.17, 15) is 13.2 Å². The number of hydrogen-bond donors (Lipinski definition) is 1. The summed E-state index contributed by atoms with van der Waals surface area (Å²) in [6, 6.07) is 1.46. The molecular formula is C18H29N3O5S. The fourth-order valence-electron chi connectivity index (χ4n) is 3.42. The Bertz CT molecular complexity index is 757. The summed E-state index contributed by atoms with van der Waals surface area (Å²) in [6.07, 6.45) is 3.33. The zero-order chi connectivity index (χ0) is 19.6. The van der Waals surface area contributed by atoms with Gasteiger partial charge in [0.2, 0.25) is 10.0 Å². The largest absolute Gasteiger partial charge is 0.378 e. The van der Waals surface area contributed by atoms with Gasteiger partial charge < -0.3 is 14.6 Å². The molecule has 1 amide bonds. The van der Waals surface area contributed by atoms with E-state index in [0.717, 1.165) is 18.6 Å². The molecule has 0 aromatic carbocycles. The predicted molar refractivity (Wildman–Crippen MR) is 100 cm³/mol. The molecule has 9 heteroatoms. The molecule has 27 heavy (non-hydrogen) atoms. The van der Waals surface area contributed by atoms with E-state index in [1.54, 1.807) is 6.07 Å². The number of ether oxygens (including phenoxy) is 1. The van der Waals surface area contributed by atoms with Crippen molar-refractivity contribution in [2.24, 2.45) is 0 Å². The van der Waals surface area contributed by atoms with Crippen LogP contribution in [0.1, 0.15) is 68.6 Å². The van der Waals surface area contributed by atoms with Crippen molar-refractivity contribution in [2.45, 2.75) is 70.6 Å². The van der Waals surface area contributed by atoms with Gasteiger partial charge in [0.15, 0.2) is 5.69 Å². The molecule has 2 atom stereocenters. The molecule has 152 valence electrons. The topological polar surface area (TPSA) is 102 Å². The maximum atomic E-state index is 12.5. The van der Waals surface area contributed by atoms with E-state index in [0.29, 0.717) is 31.0 Å². The molecule has 2 aliphatic rings. The van der Waals surface area contributed by atoms with Crippen LogP contribution in [0.3, 0.4) is 0 Å². The molecule has 1 saturated carbocycles. The second-order valence-corrected chi connectivity index (χ2v) is 9.82. The fourth-order valence-corrected chi connectivity index (χ4v) is 4.98. The van der Waals surface area contributed by atoms with Crippen molar-refractivity contribution in [3.05, 3.63) is 17.5 Å². The summed E-state index contributed by atoms with van der Waals surface area (Å²) in [5, 5.41) is 6.82. The van der Waals surface area contributed by atoms with E-state index in [2.05, 4.69) is 10.5 Å². The number of nitrogens with one attached hydrogen (secondary N) is 1. The zero-order valence-electron chi connectivity index (χ0n) is 16.2. The van der Waals surface area contributed by atoms with Crippen molar-refractivity contribution in [3.63, 3.8) is 0 Å². The maximum absolute atomic E-state index is 12.5. The Balaban J connectivity index is 1.50. The minimum absolute atomic E-state index is 0.00975. The van der Waals surface area contributed by atoms with Gasteiger partial charge >= 0.3 is 0 Å². The van der Waals surface area contributed by atoms with Gasteiger partial charge in [0.25, 0.3) is 5.91 Å². The number of aromatic nitrogens is 1. The van der Waals surface area contributed by atoms with Gasteiger partial charge in [0.05, 0.1) is 18.5 Å². The normalized spacial score (nSPS) is 24.3. The molecule has 1 saturated heterocycles. The molecule has 1 aliphatic heterocycles. The Kier molecular flexibility index (Phi) is 6.22. The monoisotopic (exact) mass is 399 g/mol. The van der Waals surface area contributed by atoms with Crippen molar-refractivity contribution in [3.8, 4) is 0 Å². The molecule has 3 rings (SSSR count). The lowest BCUT2D eigenvalue weighted by Gasteiger charge is -2.36. The third-order valence-corrected chi connectivity index (χ3v) is 6.98. The highest BCUT2D eigenvalue weighted by Crippen LogP contribution is 2.40. The SMILES string of the molecule is CC(C)OCCS(=O)(=O)N1CC[C@H](NC(=O)c2cc(C3CC3)on2)C[C@@H]1C. The molecule has 0 radical (unpaired) electrons. The lowest BCUT2D eigenvalue weighted by molar-refractivity contribution is 0.0892. The van der Waals surface area contributed by atoms with Gasteiger partial charge in [0.1, 0.15) is 5.76 Å². The second-order valence-electron chi connectivity index (χ2n) is 7.78. The van der Waals surface area contributed by atoms with E-state index in [4.69, 9.17) is 9.26 Å². The first-order valence-corrected chi connectivity index (χ1v) is 11.3. The van der Waals surface area contributed by atoms with Crippen LogP contribution < -0.4 is 5.32 Å². The standard InChI is InChI=1S/C18H29N3O5S/c1-12(2)25-8-9-27(23,24)21-7-6-15(10-13(21)3)19-18(22)16-11-17(26-20-16)14-4-5-14/h11-15H,4-10H2,1-3H3,(H,19,22)/t13-,15-/m0/s1. The summed E-state index contributed by atoms with van der Waals surface area (Å²) < 4.78 is 37.2. The Morgan fingerprint density at radius 2 is 2.15 bits per heavy atom. The Morgan fingerprint density at radius 1 is 1.41 bits per heavy atom. The maximum Gasteiger partial charge on any atom is 0.273 e. The number of rotatable bonds is 8. The van der Waals surface area contributed by atoms with Gasteiger partial charge in [-0.1, -0.05) is 5.16 Å². The molecule has 1 aliphatic carbocycles. The van der Waals surface area contributed by atoms with Gasteiger partial charge in [-0.05, 0) is 46.5 Å². The summed E-state index contributed by atoms with van der Waals surface area (Å²) in [7, 11) is -3.36.